The second-order valence-electron chi connectivity index (χ2n) is 5.84. The third-order valence-electron chi connectivity index (χ3n) is 4.42. The monoisotopic (exact) mass is 266 g/mol. The van der Waals surface area contributed by atoms with Crippen LogP contribution in [-0.4, -0.2) is 36.2 Å². The summed E-state index contributed by atoms with van der Waals surface area (Å²) < 4.78 is 0. The van der Waals surface area contributed by atoms with Gasteiger partial charge in [0.1, 0.15) is 0 Å². The van der Waals surface area contributed by atoms with Crippen LogP contribution in [0.15, 0.2) is 12.2 Å². The molecule has 1 atom stereocenters. The zero-order valence-electron chi connectivity index (χ0n) is 11.8. The van der Waals surface area contributed by atoms with Crippen molar-refractivity contribution in [1.82, 2.24) is 10.6 Å². The molecule has 0 bridgehead atoms. The Morgan fingerprint density at radius 1 is 1.37 bits per heavy atom. The van der Waals surface area contributed by atoms with Gasteiger partial charge in [0.15, 0.2) is 0 Å². The van der Waals surface area contributed by atoms with Crippen LogP contribution >= 0.6 is 0 Å². The van der Waals surface area contributed by atoms with Crippen LogP contribution in [0.1, 0.15) is 39.0 Å². The molecule has 0 unspecified atom stereocenters. The van der Waals surface area contributed by atoms with Crippen LogP contribution in [0, 0.1) is 11.8 Å². The SMILES string of the molecule is C/C=C/CC(=O)N[C@H](C1CCNCC1)C1CC(O)C1. The van der Waals surface area contributed by atoms with Crippen LogP contribution in [-0.2, 0) is 4.79 Å². The Morgan fingerprint density at radius 3 is 2.63 bits per heavy atom. The summed E-state index contributed by atoms with van der Waals surface area (Å²) in [5, 5.41) is 16.1. The third-order valence-corrected chi connectivity index (χ3v) is 4.42. The Hall–Kier alpha value is -0.870. The van der Waals surface area contributed by atoms with E-state index >= 15 is 0 Å². The van der Waals surface area contributed by atoms with Gasteiger partial charge >= 0.3 is 0 Å². The predicted molar refractivity (Wildman–Crippen MR) is 75.7 cm³/mol. The van der Waals surface area contributed by atoms with E-state index in [0.717, 1.165) is 38.8 Å². The summed E-state index contributed by atoms with van der Waals surface area (Å²) in [5.41, 5.74) is 0. The van der Waals surface area contributed by atoms with Gasteiger partial charge in [0, 0.05) is 12.5 Å². The van der Waals surface area contributed by atoms with E-state index in [4.69, 9.17) is 0 Å². The number of hydrogen-bond acceptors (Lipinski definition) is 3. The van der Waals surface area contributed by atoms with E-state index in [1.54, 1.807) is 0 Å². The summed E-state index contributed by atoms with van der Waals surface area (Å²) >= 11 is 0. The first kappa shape index (κ1) is 14.5. The van der Waals surface area contributed by atoms with Crippen LogP contribution in [0.25, 0.3) is 0 Å². The van der Waals surface area contributed by atoms with Crippen LogP contribution in [0.2, 0.25) is 0 Å². The van der Waals surface area contributed by atoms with E-state index in [-0.39, 0.29) is 18.1 Å². The van der Waals surface area contributed by atoms with Crippen LogP contribution < -0.4 is 10.6 Å². The summed E-state index contributed by atoms with van der Waals surface area (Å²) in [5.74, 6) is 1.14. The molecule has 1 aliphatic heterocycles. The maximum atomic E-state index is 11.9. The zero-order valence-corrected chi connectivity index (χ0v) is 11.8. The minimum atomic E-state index is -0.151. The molecule has 1 amide bonds. The number of hydrogen-bond donors (Lipinski definition) is 3. The molecule has 4 heteroatoms. The number of piperidine rings is 1. The van der Waals surface area contributed by atoms with Gasteiger partial charge in [-0.1, -0.05) is 12.2 Å². The summed E-state index contributed by atoms with van der Waals surface area (Å²) in [4.78, 5) is 11.9. The summed E-state index contributed by atoms with van der Waals surface area (Å²) in [6.07, 6.45) is 8.06. The Bertz CT molecular complexity index is 318. The number of allylic oxidation sites excluding steroid dienone is 1. The molecule has 4 nitrogen and oxygen atoms in total. The number of aliphatic hydroxyl groups excluding tert-OH is 1. The summed E-state index contributed by atoms with van der Waals surface area (Å²) in [6.45, 7) is 4.02. The van der Waals surface area contributed by atoms with Crippen LogP contribution in [0.4, 0.5) is 0 Å². The van der Waals surface area contributed by atoms with Gasteiger partial charge in [-0.25, -0.2) is 0 Å². The van der Waals surface area contributed by atoms with Crippen molar-refractivity contribution in [2.45, 2.75) is 51.2 Å². The smallest absolute Gasteiger partial charge is 0.224 e. The molecular formula is C15H26N2O2. The van der Waals surface area contributed by atoms with Crippen molar-refractivity contribution in [3.8, 4) is 0 Å². The molecular weight excluding hydrogens is 240 g/mol. The van der Waals surface area contributed by atoms with E-state index in [0.29, 0.717) is 18.3 Å². The fourth-order valence-corrected chi connectivity index (χ4v) is 3.22. The van der Waals surface area contributed by atoms with Crippen molar-refractivity contribution in [2.75, 3.05) is 13.1 Å². The molecule has 2 fully saturated rings. The lowest BCUT2D eigenvalue weighted by Crippen LogP contribution is -2.52. The molecule has 0 aromatic carbocycles. The first-order valence-electron chi connectivity index (χ1n) is 7.50. The Balaban J connectivity index is 1.91. The van der Waals surface area contributed by atoms with E-state index in [2.05, 4.69) is 10.6 Å². The molecule has 19 heavy (non-hydrogen) atoms. The normalized spacial score (nSPS) is 30.0. The molecule has 0 radical (unpaired) electrons. The van der Waals surface area contributed by atoms with Crippen molar-refractivity contribution in [2.24, 2.45) is 11.8 Å². The molecule has 1 aliphatic carbocycles. The molecule has 108 valence electrons. The van der Waals surface area contributed by atoms with Gasteiger partial charge < -0.3 is 15.7 Å². The molecule has 3 N–H and O–H groups in total. The van der Waals surface area contributed by atoms with Gasteiger partial charge in [0.25, 0.3) is 0 Å². The van der Waals surface area contributed by atoms with Gasteiger partial charge in [0.05, 0.1) is 6.10 Å². The average molecular weight is 266 g/mol. The van der Waals surface area contributed by atoms with Gasteiger partial charge in [-0.15, -0.1) is 0 Å². The van der Waals surface area contributed by atoms with E-state index < -0.39 is 0 Å². The number of aliphatic hydroxyl groups is 1. The highest BCUT2D eigenvalue weighted by Crippen LogP contribution is 2.35. The third kappa shape index (κ3) is 4.05. The molecule has 2 aliphatic rings. The second-order valence-corrected chi connectivity index (χ2v) is 5.84. The summed E-state index contributed by atoms with van der Waals surface area (Å²) in [7, 11) is 0. The standard InChI is InChI=1S/C15H26N2O2/c1-2-3-4-14(19)17-15(12-9-13(18)10-12)11-5-7-16-8-6-11/h2-3,11-13,15-16,18H,4-10H2,1H3,(H,17,19)/b3-2+/t12?,13?,15-/m1/s1. The quantitative estimate of drug-likeness (QED) is 0.655. The molecule has 0 aromatic rings. The molecule has 1 saturated carbocycles. The maximum Gasteiger partial charge on any atom is 0.224 e. The highest BCUT2D eigenvalue weighted by Gasteiger charge is 2.38. The van der Waals surface area contributed by atoms with Crippen molar-refractivity contribution in [3.63, 3.8) is 0 Å². The van der Waals surface area contributed by atoms with Crippen LogP contribution in [0.5, 0.6) is 0 Å². The Labute approximate surface area is 115 Å². The lowest BCUT2D eigenvalue weighted by Gasteiger charge is -2.43. The van der Waals surface area contributed by atoms with Crippen molar-refractivity contribution in [3.05, 3.63) is 12.2 Å². The number of rotatable bonds is 5. The fourth-order valence-electron chi connectivity index (χ4n) is 3.22. The predicted octanol–water partition coefficient (Wildman–Crippen LogP) is 1.21. The lowest BCUT2D eigenvalue weighted by molar-refractivity contribution is -0.123. The zero-order chi connectivity index (χ0) is 13.7. The maximum absolute atomic E-state index is 11.9. The number of carbonyl (C=O) groups excluding carboxylic acids is 1. The highest BCUT2D eigenvalue weighted by molar-refractivity contribution is 5.77. The van der Waals surface area contributed by atoms with Crippen LogP contribution in [0.3, 0.4) is 0 Å². The van der Waals surface area contributed by atoms with Gasteiger partial charge in [0.2, 0.25) is 5.91 Å². The first-order chi connectivity index (χ1) is 9.20. The lowest BCUT2D eigenvalue weighted by atomic mass is 9.71. The number of amides is 1. The van der Waals surface area contributed by atoms with E-state index in [9.17, 15) is 9.90 Å². The minimum Gasteiger partial charge on any atom is -0.393 e. The first-order valence-corrected chi connectivity index (χ1v) is 7.50. The Kier molecular flexibility index (Phi) is 5.40. The highest BCUT2D eigenvalue weighted by atomic mass is 16.3. The van der Waals surface area contributed by atoms with E-state index in [1.165, 1.54) is 0 Å². The van der Waals surface area contributed by atoms with Gasteiger partial charge in [-0.3, -0.25) is 4.79 Å². The van der Waals surface area contributed by atoms with E-state index in [1.807, 2.05) is 19.1 Å². The topological polar surface area (TPSA) is 61.4 Å². The van der Waals surface area contributed by atoms with Gasteiger partial charge in [-0.05, 0) is 57.5 Å². The number of carbonyl (C=O) groups is 1. The van der Waals surface area contributed by atoms with Crippen molar-refractivity contribution < 1.29 is 9.90 Å². The largest absolute Gasteiger partial charge is 0.393 e. The average Bonchev–Trinajstić information content (AvgIpc) is 2.40. The number of nitrogens with one attached hydrogen (secondary N) is 2. The molecule has 0 spiro atoms. The Morgan fingerprint density at radius 2 is 2.05 bits per heavy atom. The fraction of sp³-hybridized carbons (Fsp3) is 0.800. The second kappa shape index (κ2) is 7.06. The molecule has 1 heterocycles. The molecule has 1 saturated heterocycles. The van der Waals surface area contributed by atoms with Crippen molar-refractivity contribution >= 4 is 5.91 Å². The minimum absolute atomic E-state index is 0.114. The molecule has 2 rings (SSSR count). The molecule has 0 aromatic heterocycles. The summed E-state index contributed by atoms with van der Waals surface area (Å²) in [6, 6.07) is 0.253. The van der Waals surface area contributed by atoms with Crippen molar-refractivity contribution in [1.29, 1.82) is 0 Å². The van der Waals surface area contributed by atoms with Gasteiger partial charge in [-0.2, -0.15) is 0 Å².